The fraction of sp³-hybridized carbons (Fsp3) is 0.273. The summed E-state index contributed by atoms with van der Waals surface area (Å²) in [4.78, 5) is 19.8. The third-order valence-corrected chi connectivity index (χ3v) is 6.16. The van der Waals surface area contributed by atoms with E-state index in [-0.39, 0.29) is 5.56 Å². The Morgan fingerprint density at radius 2 is 2.04 bits per heavy atom. The van der Waals surface area contributed by atoms with Gasteiger partial charge in [0.2, 0.25) is 0 Å². The van der Waals surface area contributed by atoms with Crippen molar-refractivity contribution < 1.29 is 4.74 Å². The molecular formula is C22H21N3O2S. The SMILES string of the molecule is Cc1ccc(COc2ccn(-c3ccc4nc(C5CC5)n(C)c4c3)c(=O)c2)s1. The van der Waals surface area contributed by atoms with Crippen molar-refractivity contribution in [2.75, 3.05) is 0 Å². The molecule has 1 fully saturated rings. The van der Waals surface area contributed by atoms with Crippen molar-refractivity contribution in [2.24, 2.45) is 7.05 Å². The second-order valence-corrected chi connectivity index (χ2v) is 8.72. The summed E-state index contributed by atoms with van der Waals surface area (Å²) in [7, 11) is 2.05. The summed E-state index contributed by atoms with van der Waals surface area (Å²) in [6.07, 6.45) is 4.21. The molecule has 0 unspecified atom stereocenters. The van der Waals surface area contributed by atoms with E-state index in [1.165, 1.54) is 17.7 Å². The first kappa shape index (κ1) is 17.3. The number of rotatable bonds is 5. The third kappa shape index (κ3) is 3.14. The minimum Gasteiger partial charge on any atom is -0.488 e. The van der Waals surface area contributed by atoms with Gasteiger partial charge < -0.3 is 9.30 Å². The van der Waals surface area contributed by atoms with Crippen LogP contribution >= 0.6 is 11.3 Å². The summed E-state index contributed by atoms with van der Waals surface area (Å²) in [5.41, 5.74) is 2.76. The van der Waals surface area contributed by atoms with Crippen molar-refractivity contribution >= 4 is 22.4 Å². The van der Waals surface area contributed by atoms with Crippen LogP contribution in [-0.4, -0.2) is 14.1 Å². The van der Waals surface area contributed by atoms with E-state index in [0.29, 0.717) is 18.3 Å². The van der Waals surface area contributed by atoms with Crippen LogP contribution in [0.2, 0.25) is 0 Å². The summed E-state index contributed by atoms with van der Waals surface area (Å²) in [5, 5.41) is 0. The average Bonchev–Trinajstić information content (AvgIpc) is 3.37. The van der Waals surface area contributed by atoms with Gasteiger partial charge in [-0.1, -0.05) is 0 Å². The van der Waals surface area contributed by atoms with Gasteiger partial charge in [-0.25, -0.2) is 4.98 Å². The van der Waals surface area contributed by atoms with Crippen molar-refractivity contribution in [3.8, 4) is 11.4 Å². The lowest BCUT2D eigenvalue weighted by Gasteiger charge is -2.09. The Kier molecular flexibility index (Phi) is 4.09. The molecule has 0 atom stereocenters. The maximum Gasteiger partial charge on any atom is 0.258 e. The quantitative estimate of drug-likeness (QED) is 0.501. The van der Waals surface area contributed by atoms with E-state index in [0.717, 1.165) is 27.4 Å². The fourth-order valence-electron chi connectivity index (χ4n) is 3.53. The van der Waals surface area contributed by atoms with Crippen LogP contribution in [0.1, 0.15) is 34.3 Å². The number of hydrogen-bond donors (Lipinski definition) is 0. The number of ether oxygens (including phenoxy) is 1. The van der Waals surface area contributed by atoms with Gasteiger partial charge in [0.1, 0.15) is 18.2 Å². The van der Waals surface area contributed by atoms with Gasteiger partial charge in [0.15, 0.2) is 0 Å². The number of thiophene rings is 1. The van der Waals surface area contributed by atoms with Crippen LogP contribution in [0, 0.1) is 6.92 Å². The molecule has 1 aliphatic rings. The zero-order chi connectivity index (χ0) is 19.3. The number of fused-ring (bicyclic) bond motifs is 1. The number of benzene rings is 1. The summed E-state index contributed by atoms with van der Waals surface area (Å²) >= 11 is 1.71. The molecule has 1 aliphatic carbocycles. The maximum absolute atomic E-state index is 12.7. The molecule has 0 amide bonds. The monoisotopic (exact) mass is 391 g/mol. The topological polar surface area (TPSA) is 49.0 Å². The molecule has 0 N–H and O–H groups in total. The van der Waals surface area contributed by atoms with Gasteiger partial charge >= 0.3 is 0 Å². The Morgan fingerprint density at radius 3 is 2.75 bits per heavy atom. The molecule has 28 heavy (non-hydrogen) atoms. The van der Waals surface area contributed by atoms with Crippen LogP contribution in [-0.2, 0) is 13.7 Å². The fourth-order valence-corrected chi connectivity index (χ4v) is 4.34. The van der Waals surface area contributed by atoms with Crippen molar-refractivity contribution in [3.05, 3.63) is 74.6 Å². The van der Waals surface area contributed by atoms with Gasteiger partial charge in [0.05, 0.1) is 16.7 Å². The smallest absolute Gasteiger partial charge is 0.258 e. The molecule has 0 aliphatic heterocycles. The van der Waals surface area contributed by atoms with Crippen molar-refractivity contribution in [1.82, 2.24) is 14.1 Å². The molecule has 0 saturated heterocycles. The Morgan fingerprint density at radius 1 is 1.18 bits per heavy atom. The van der Waals surface area contributed by atoms with Crippen molar-refractivity contribution in [3.63, 3.8) is 0 Å². The van der Waals surface area contributed by atoms with E-state index in [1.54, 1.807) is 28.2 Å². The van der Waals surface area contributed by atoms with Gasteiger partial charge in [-0.05, 0) is 56.2 Å². The standard InChI is InChI=1S/C22H21N3O2S/c1-14-3-7-18(28-14)13-27-17-9-10-25(21(26)12-17)16-6-8-19-20(11-16)24(2)22(23-19)15-4-5-15/h3,6-12,15H,4-5,13H2,1-2H3. The van der Waals surface area contributed by atoms with E-state index < -0.39 is 0 Å². The van der Waals surface area contributed by atoms with Crippen LogP contribution in [0.3, 0.4) is 0 Å². The van der Waals surface area contributed by atoms with E-state index in [4.69, 9.17) is 9.72 Å². The van der Waals surface area contributed by atoms with Crippen LogP contribution in [0.15, 0.2) is 53.5 Å². The van der Waals surface area contributed by atoms with Gasteiger partial charge in [-0.15, -0.1) is 11.3 Å². The number of nitrogens with zero attached hydrogens (tertiary/aromatic N) is 3. The zero-order valence-corrected chi connectivity index (χ0v) is 16.7. The molecule has 6 heteroatoms. The van der Waals surface area contributed by atoms with Gasteiger partial charge in [0, 0.05) is 35.0 Å². The molecule has 3 aromatic heterocycles. The molecule has 4 aromatic rings. The number of hydrogen-bond acceptors (Lipinski definition) is 4. The Balaban J connectivity index is 1.42. The first-order valence-electron chi connectivity index (χ1n) is 9.46. The zero-order valence-electron chi connectivity index (χ0n) is 15.9. The Hall–Kier alpha value is -2.86. The lowest BCUT2D eigenvalue weighted by Crippen LogP contribution is -2.16. The maximum atomic E-state index is 12.7. The van der Waals surface area contributed by atoms with Gasteiger partial charge in [0.25, 0.3) is 5.56 Å². The normalized spacial score (nSPS) is 13.9. The molecule has 0 bridgehead atoms. The molecule has 0 spiro atoms. The lowest BCUT2D eigenvalue weighted by molar-refractivity contribution is 0.309. The highest BCUT2D eigenvalue weighted by molar-refractivity contribution is 7.11. The molecule has 0 radical (unpaired) electrons. The molecule has 5 rings (SSSR count). The highest BCUT2D eigenvalue weighted by Crippen LogP contribution is 2.40. The second-order valence-electron chi connectivity index (χ2n) is 7.35. The summed E-state index contributed by atoms with van der Waals surface area (Å²) in [6.45, 7) is 2.55. The molecular weight excluding hydrogens is 370 g/mol. The summed E-state index contributed by atoms with van der Waals surface area (Å²) in [6, 6.07) is 13.5. The van der Waals surface area contributed by atoms with E-state index in [9.17, 15) is 4.79 Å². The Labute approximate surface area is 166 Å². The molecule has 1 saturated carbocycles. The van der Waals surface area contributed by atoms with Crippen molar-refractivity contribution in [2.45, 2.75) is 32.3 Å². The lowest BCUT2D eigenvalue weighted by atomic mass is 10.2. The predicted molar refractivity (Wildman–Crippen MR) is 112 cm³/mol. The number of imidazole rings is 1. The molecule has 3 heterocycles. The van der Waals surface area contributed by atoms with E-state index >= 15 is 0 Å². The molecule has 5 nitrogen and oxygen atoms in total. The average molecular weight is 391 g/mol. The minimum absolute atomic E-state index is 0.108. The van der Waals surface area contributed by atoms with Crippen LogP contribution in [0.5, 0.6) is 5.75 Å². The highest BCUT2D eigenvalue weighted by atomic mass is 32.1. The summed E-state index contributed by atoms with van der Waals surface area (Å²) in [5.74, 6) is 2.32. The predicted octanol–water partition coefficient (Wildman–Crippen LogP) is 4.55. The first-order chi connectivity index (χ1) is 13.6. The highest BCUT2D eigenvalue weighted by Gasteiger charge is 2.28. The summed E-state index contributed by atoms with van der Waals surface area (Å²) < 4.78 is 9.59. The largest absolute Gasteiger partial charge is 0.488 e. The molecule has 1 aromatic carbocycles. The Bertz CT molecular complexity index is 1230. The van der Waals surface area contributed by atoms with E-state index in [1.807, 2.05) is 24.3 Å². The molecule has 142 valence electrons. The number of pyridine rings is 1. The number of aryl methyl sites for hydroxylation is 2. The number of aromatic nitrogens is 3. The van der Waals surface area contributed by atoms with Crippen LogP contribution in [0.25, 0.3) is 16.7 Å². The van der Waals surface area contributed by atoms with Crippen LogP contribution < -0.4 is 10.3 Å². The van der Waals surface area contributed by atoms with Crippen LogP contribution in [0.4, 0.5) is 0 Å². The third-order valence-electron chi connectivity index (χ3n) is 5.19. The first-order valence-corrected chi connectivity index (χ1v) is 10.3. The van der Waals surface area contributed by atoms with Gasteiger partial charge in [-0.2, -0.15) is 0 Å². The second kappa shape index (κ2) is 6.63. The van der Waals surface area contributed by atoms with Gasteiger partial charge in [-0.3, -0.25) is 9.36 Å². The van der Waals surface area contributed by atoms with E-state index in [2.05, 4.69) is 30.7 Å². The van der Waals surface area contributed by atoms with Crippen molar-refractivity contribution in [1.29, 1.82) is 0 Å². The minimum atomic E-state index is -0.108.